The van der Waals surface area contributed by atoms with Gasteiger partial charge in [-0.25, -0.2) is 0 Å². The van der Waals surface area contributed by atoms with Crippen molar-refractivity contribution in [2.45, 2.75) is 11.3 Å². The second-order valence-corrected chi connectivity index (χ2v) is 8.85. The average molecular weight is 497 g/mol. The van der Waals surface area contributed by atoms with Gasteiger partial charge in [-0.2, -0.15) is 4.68 Å². The molecule has 2 amide bonds. The molecule has 2 aliphatic rings. The molecule has 1 fully saturated rings. The van der Waals surface area contributed by atoms with E-state index >= 15 is 0 Å². The number of nitrogens with zero attached hydrogens (tertiary/aromatic N) is 6. The first-order valence-corrected chi connectivity index (χ1v) is 12.1. The molecule has 2 aromatic carbocycles. The highest BCUT2D eigenvalue weighted by molar-refractivity contribution is 7.99. The van der Waals surface area contributed by atoms with Gasteiger partial charge in [-0.15, -0.1) is 5.10 Å². The zero-order valence-electron chi connectivity index (χ0n) is 19.1. The molecule has 0 aliphatic carbocycles. The van der Waals surface area contributed by atoms with E-state index in [0.717, 1.165) is 0 Å². The van der Waals surface area contributed by atoms with Gasteiger partial charge >= 0.3 is 0 Å². The third-order valence-electron chi connectivity index (χ3n) is 5.81. The highest BCUT2D eigenvalue weighted by Crippen LogP contribution is 2.31. The van der Waals surface area contributed by atoms with Crippen molar-refractivity contribution in [1.29, 1.82) is 0 Å². The molecule has 1 saturated heterocycles. The number of carbonyl (C=O) groups is 2. The highest BCUT2D eigenvalue weighted by atomic mass is 32.2. The van der Waals surface area contributed by atoms with Crippen LogP contribution >= 0.6 is 11.8 Å². The highest BCUT2D eigenvalue weighted by Gasteiger charge is 2.33. The molecular formula is C23H24N6O5S. The molecule has 0 unspecified atom stereocenters. The number of carbonyl (C=O) groups excluding carboxylic acids is 2. The first kappa shape index (κ1) is 23.0. The van der Waals surface area contributed by atoms with Crippen LogP contribution in [-0.4, -0.2) is 93.6 Å². The summed E-state index contributed by atoms with van der Waals surface area (Å²) in [4.78, 5) is 29.2. The molecule has 182 valence electrons. The van der Waals surface area contributed by atoms with Crippen LogP contribution in [-0.2, 0) is 9.59 Å². The van der Waals surface area contributed by atoms with Crippen molar-refractivity contribution >= 4 is 23.6 Å². The zero-order valence-corrected chi connectivity index (χ0v) is 19.9. The van der Waals surface area contributed by atoms with Crippen LogP contribution < -0.4 is 14.2 Å². The van der Waals surface area contributed by atoms with Gasteiger partial charge in [-0.3, -0.25) is 9.59 Å². The predicted molar refractivity (Wildman–Crippen MR) is 126 cm³/mol. The number of amides is 2. The lowest BCUT2D eigenvalue weighted by atomic mass is 10.2. The normalized spacial score (nSPS) is 17.2. The number of rotatable bonds is 6. The lowest BCUT2D eigenvalue weighted by Gasteiger charge is -2.37. The second kappa shape index (κ2) is 10.2. The van der Waals surface area contributed by atoms with Gasteiger partial charge in [0.15, 0.2) is 11.5 Å². The fourth-order valence-corrected chi connectivity index (χ4v) is 4.75. The number of benzene rings is 2. The van der Waals surface area contributed by atoms with Gasteiger partial charge in [0.1, 0.15) is 18.0 Å². The van der Waals surface area contributed by atoms with E-state index in [9.17, 15) is 9.59 Å². The summed E-state index contributed by atoms with van der Waals surface area (Å²) < 4.78 is 18.4. The quantitative estimate of drug-likeness (QED) is 0.466. The molecule has 0 N–H and O–H groups in total. The molecule has 3 heterocycles. The van der Waals surface area contributed by atoms with Crippen LogP contribution in [0.5, 0.6) is 17.2 Å². The van der Waals surface area contributed by atoms with E-state index in [-0.39, 0.29) is 24.2 Å². The number of thioether (sulfide) groups is 1. The van der Waals surface area contributed by atoms with Crippen molar-refractivity contribution in [2.75, 3.05) is 45.6 Å². The lowest BCUT2D eigenvalue weighted by Crippen LogP contribution is -2.55. The van der Waals surface area contributed by atoms with Gasteiger partial charge in [0.05, 0.1) is 12.9 Å². The molecule has 35 heavy (non-hydrogen) atoms. The fourth-order valence-electron chi connectivity index (χ4n) is 3.96. The molecule has 0 saturated carbocycles. The molecule has 3 aromatic rings. The number of para-hydroxylation sites is 4. The predicted octanol–water partition coefficient (Wildman–Crippen LogP) is 1.27. The minimum atomic E-state index is -0.684. The topological polar surface area (TPSA) is 112 Å². The Hall–Kier alpha value is -3.80. The summed E-state index contributed by atoms with van der Waals surface area (Å²) in [6.45, 7) is 1.96. The van der Waals surface area contributed by atoms with E-state index in [2.05, 4.69) is 15.5 Å². The molecule has 0 radical (unpaired) electrons. The summed E-state index contributed by atoms with van der Waals surface area (Å²) >= 11 is 1.26. The van der Waals surface area contributed by atoms with E-state index in [1.807, 2.05) is 42.5 Å². The van der Waals surface area contributed by atoms with E-state index in [1.54, 1.807) is 27.7 Å². The number of piperazine rings is 1. The van der Waals surface area contributed by atoms with Crippen LogP contribution in [0.1, 0.15) is 0 Å². The number of methoxy groups -OCH3 is 1. The summed E-state index contributed by atoms with van der Waals surface area (Å²) in [7, 11) is 1.58. The van der Waals surface area contributed by atoms with E-state index < -0.39 is 6.10 Å². The Labute approximate surface area is 205 Å². The van der Waals surface area contributed by atoms with Crippen LogP contribution in [0.2, 0.25) is 0 Å². The Bertz CT molecular complexity index is 1210. The van der Waals surface area contributed by atoms with Crippen molar-refractivity contribution in [3.63, 3.8) is 0 Å². The molecule has 2 aliphatic heterocycles. The average Bonchev–Trinajstić information content (AvgIpc) is 3.39. The number of tetrazole rings is 1. The van der Waals surface area contributed by atoms with Gasteiger partial charge in [0.25, 0.3) is 5.91 Å². The summed E-state index contributed by atoms with van der Waals surface area (Å²) in [5.41, 5.74) is 0.693. The van der Waals surface area contributed by atoms with Crippen molar-refractivity contribution in [3.8, 4) is 22.9 Å². The van der Waals surface area contributed by atoms with Crippen LogP contribution in [0.25, 0.3) is 5.69 Å². The molecule has 1 aromatic heterocycles. The van der Waals surface area contributed by atoms with Gasteiger partial charge < -0.3 is 24.0 Å². The molecular weight excluding hydrogens is 472 g/mol. The van der Waals surface area contributed by atoms with Crippen LogP contribution in [0.15, 0.2) is 53.7 Å². The number of fused-ring (bicyclic) bond motifs is 1. The van der Waals surface area contributed by atoms with Crippen molar-refractivity contribution in [1.82, 2.24) is 30.0 Å². The van der Waals surface area contributed by atoms with E-state index in [0.29, 0.717) is 54.3 Å². The standard InChI is InChI=1S/C23H24N6O5S/c1-32-17-7-3-2-6-16(17)29-23(24-25-26-29)35-15-21(30)27-10-12-28(13-11-27)22(31)20-14-33-18-8-4-5-9-19(18)34-20/h2-9,20H,10-15H2,1H3/t20-/m0/s1. The number of ether oxygens (including phenoxy) is 3. The van der Waals surface area contributed by atoms with Crippen molar-refractivity contribution in [3.05, 3.63) is 48.5 Å². The zero-order chi connectivity index (χ0) is 24.2. The van der Waals surface area contributed by atoms with E-state index in [1.165, 1.54) is 11.8 Å². The largest absolute Gasteiger partial charge is 0.494 e. The Morgan fingerprint density at radius 2 is 1.74 bits per heavy atom. The Morgan fingerprint density at radius 1 is 1.03 bits per heavy atom. The van der Waals surface area contributed by atoms with Crippen molar-refractivity contribution in [2.24, 2.45) is 0 Å². The van der Waals surface area contributed by atoms with Crippen molar-refractivity contribution < 1.29 is 23.8 Å². The second-order valence-electron chi connectivity index (χ2n) is 7.90. The Kier molecular flexibility index (Phi) is 6.70. The SMILES string of the molecule is COc1ccccc1-n1nnnc1SCC(=O)N1CCN(C(=O)[C@@H]2COc3ccccc3O2)CC1. The maximum Gasteiger partial charge on any atom is 0.267 e. The molecule has 0 spiro atoms. The monoisotopic (exact) mass is 496 g/mol. The summed E-state index contributed by atoms with van der Waals surface area (Å²) in [6.07, 6.45) is -0.684. The maximum atomic E-state index is 12.9. The Balaban J connectivity index is 1.13. The van der Waals surface area contributed by atoms with Gasteiger partial charge in [0.2, 0.25) is 17.2 Å². The molecule has 12 heteroatoms. The third-order valence-corrected chi connectivity index (χ3v) is 6.71. The smallest absolute Gasteiger partial charge is 0.267 e. The summed E-state index contributed by atoms with van der Waals surface area (Å²) in [5, 5.41) is 12.3. The molecule has 0 bridgehead atoms. The number of hydrogen-bond acceptors (Lipinski definition) is 9. The molecule has 11 nitrogen and oxygen atoms in total. The lowest BCUT2D eigenvalue weighted by molar-refractivity contribution is -0.145. The van der Waals surface area contributed by atoms with E-state index in [4.69, 9.17) is 14.2 Å². The summed E-state index contributed by atoms with van der Waals surface area (Å²) in [6, 6.07) is 14.7. The first-order valence-electron chi connectivity index (χ1n) is 11.1. The molecule has 5 rings (SSSR count). The van der Waals surface area contributed by atoms with Gasteiger partial charge in [-0.05, 0) is 34.7 Å². The first-order chi connectivity index (χ1) is 17.1. The minimum Gasteiger partial charge on any atom is -0.494 e. The minimum absolute atomic E-state index is 0.0390. The Morgan fingerprint density at radius 3 is 2.54 bits per heavy atom. The number of hydrogen-bond donors (Lipinski definition) is 0. The summed E-state index contributed by atoms with van der Waals surface area (Å²) in [5.74, 6) is 1.85. The van der Waals surface area contributed by atoms with Gasteiger partial charge in [0, 0.05) is 26.2 Å². The third kappa shape index (κ3) is 4.87. The number of aromatic nitrogens is 4. The fraction of sp³-hybridized carbons (Fsp3) is 0.348. The maximum absolute atomic E-state index is 12.9. The van der Waals surface area contributed by atoms with Crippen LogP contribution in [0.4, 0.5) is 0 Å². The molecule has 1 atom stereocenters. The van der Waals surface area contributed by atoms with Crippen LogP contribution in [0.3, 0.4) is 0 Å². The van der Waals surface area contributed by atoms with Gasteiger partial charge in [-0.1, -0.05) is 36.0 Å². The van der Waals surface area contributed by atoms with Crippen LogP contribution in [0, 0.1) is 0 Å².